The predicted octanol–water partition coefficient (Wildman–Crippen LogP) is 3.53. The Labute approximate surface area is 173 Å². The normalized spacial score (nSPS) is 22.3. The molecular weight excluding hydrogens is 358 g/mol. The number of piperidine rings is 1. The van der Waals surface area contributed by atoms with Crippen LogP contribution in [0.3, 0.4) is 0 Å². The van der Waals surface area contributed by atoms with Crippen LogP contribution in [0.5, 0.6) is 0 Å². The molecule has 1 atom stereocenters. The molecule has 4 nitrogen and oxygen atoms in total. The van der Waals surface area contributed by atoms with Crippen LogP contribution in [0, 0.1) is 0 Å². The highest BCUT2D eigenvalue weighted by Gasteiger charge is 2.31. The van der Waals surface area contributed by atoms with Crippen molar-refractivity contribution in [3.05, 3.63) is 65.2 Å². The average Bonchev–Trinajstić information content (AvgIpc) is 3.35. The van der Waals surface area contributed by atoms with E-state index in [-0.39, 0.29) is 5.91 Å². The van der Waals surface area contributed by atoms with Crippen LogP contribution in [0.15, 0.2) is 48.5 Å². The van der Waals surface area contributed by atoms with Crippen LogP contribution in [0.1, 0.15) is 42.4 Å². The summed E-state index contributed by atoms with van der Waals surface area (Å²) < 4.78 is 0. The van der Waals surface area contributed by atoms with Gasteiger partial charge in [0.2, 0.25) is 5.91 Å². The first-order valence-electron chi connectivity index (χ1n) is 11.2. The predicted molar refractivity (Wildman–Crippen MR) is 117 cm³/mol. The number of carbonyl (C=O) groups is 1. The Bertz CT molecular complexity index is 858. The molecule has 152 valence electrons. The second-order valence-corrected chi connectivity index (χ2v) is 8.90. The van der Waals surface area contributed by atoms with Crippen LogP contribution in [-0.4, -0.2) is 42.5 Å². The molecule has 2 saturated heterocycles. The fourth-order valence-corrected chi connectivity index (χ4v) is 5.23. The summed E-state index contributed by atoms with van der Waals surface area (Å²) >= 11 is 0. The van der Waals surface area contributed by atoms with Crippen molar-refractivity contribution >= 4 is 11.6 Å². The van der Waals surface area contributed by atoms with E-state index in [0.717, 1.165) is 39.0 Å². The number of nitrogens with one attached hydrogen (secondary N) is 1. The smallest absolute Gasteiger partial charge is 0.224 e. The molecule has 3 aliphatic rings. The number of carbonyl (C=O) groups excluding carboxylic acids is 1. The van der Waals surface area contributed by atoms with Crippen molar-refractivity contribution in [1.29, 1.82) is 0 Å². The SMILES string of the molecule is O=C1CC(NC2CCN(c3ccc4c(c3)CCC4)CC2)CN1Cc1ccccc1. The van der Waals surface area contributed by atoms with E-state index in [1.54, 1.807) is 11.1 Å². The Balaban J connectivity index is 1.12. The molecular formula is C25H31N3O. The maximum absolute atomic E-state index is 12.4. The number of amides is 1. The number of fused-ring (bicyclic) bond motifs is 1. The third kappa shape index (κ3) is 4.18. The highest BCUT2D eigenvalue weighted by atomic mass is 16.2. The zero-order chi connectivity index (χ0) is 19.6. The standard InChI is InChI=1S/C25H31N3O/c29-25-16-23(18-28(25)17-19-5-2-1-3-6-19)26-22-11-13-27(14-12-22)24-10-9-20-7-4-8-21(20)15-24/h1-3,5-6,9-10,15,22-23,26H,4,7-8,11-14,16-18H2. The lowest BCUT2D eigenvalue weighted by atomic mass is 10.0. The van der Waals surface area contributed by atoms with Crippen LogP contribution in [0.4, 0.5) is 5.69 Å². The fraction of sp³-hybridized carbons (Fsp3) is 0.480. The molecule has 1 unspecified atom stereocenters. The van der Waals surface area contributed by atoms with Crippen molar-refractivity contribution in [2.45, 2.75) is 57.2 Å². The third-order valence-corrected chi connectivity index (χ3v) is 6.84. The highest BCUT2D eigenvalue weighted by molar-refractivity contribution is 5.79. The Morgan fingerprint density at radius 2 is 1.72 bits per heavy atom. The quantitative estimate of drug-likeness (QED) is 0.850. The van der Waals surface area contributed by atoms with Gasteiger partial charge in [-0.3, -0.25) is 4.79 Å². The van der Waals surface area contributed by atoms with Crippen molar-refractivity contribution in [3.8, 4) is 0 Å². The monoisotopic (exact) mass is 389 g/mol. The van der Waals surface area contributed by atoms with E-state index in [1.807, 2.05) is 23.1 Å². The van der Waals surface area contributed by atoms with Gasteiger partial charge in [-0.05, 0) is 60.9 Å². The van der Waals surface area contributed by atoms with E-state index < -0.39 is 0 Å². The number of rotatable bonds is 5. The van der Waals surface area contributed by atoms with E-state index in [2.05, 4.69) is 40.5 Å². The maximum atomic E-state index is 12.4. The van der Waals surface area contributed by atoms with Gasteiger partial charge < -0.3 is 15.1 Å². The summed E-state index contributed by atoms with van der Waals surface area (Å²) in [4.78, 5) is 17.0. The molecule has 2 aromatic rings. The van der Waals surface area contributed by atoms with Gasteiger partial charge >= 0.3 is 0 Å². The van der Waals surface area contributed by atoms with Gasteiger partial charge in [0.05, 0.1) is 0 Å². The highest BCUT2D eigenvalue weighted by Crippen LogP contribution is 2.28. The van der Waals surface area contributed by atoms with Gasteiger partial charge in [-0.1, -0.05) is 36.4 Å². The number of benzene rings is 2. The van der Waals surface area contributed by atoms with Crippen LogP contribution < -0.4 is 10.2 Å². The molecule has 5 rings (SSSR count). The van der Waals surface area contributed by atoms with Crippen molar-refractivity contribution in [2.24, 2.45) is 0 Å². The van der Waals surface area contributed by atoms with Crippen molar-refractivity contribution < 1.29 is 4.79 Å². The number of hydrogen-bond acceptors (Lipinski definition) is 3. The van der Waals surface area contributed by atoms with Gasteiger partial charge in [-0.2, -0.15) is 0 Å². The number of likely N-dealkylation sites (tertiary alicyclic amines) is 1. The molecule has 1 amide bonds. The van der Waals surface area contributed by atoms with Gasteiger partial charge in [0.25, 0.3) is 0 Å². The van der Waals surface area contributed by atoms with Gasteiger partial charge in [-0.25, -0.2) is 0 Å². The van der Waals surface area contributed by atoms with E-state index in [4.69, 9.17) is 0 Å². The molecule has 29 heavy (non-hydrogen) atoms. The first kappa shape index (κ1) is 18.7. The van der Waals surface area contributed by atoms with Crippen molar-refractivity contribution in [1.82, 2.24) is 10.2 Å². The second-order valence-electron chi connectivity index (χ2n) is 8.90. The molecule has 4 heteroatoms. The van der Waals surface area contributed by atoms with Crippen LogP contribution in [0.2, 0.25) is 0 Å². The Morgan fingerprint density at radius 3 is 2.55 bits per heavy atom. The Kier molecular flexibility index (Phi) is 5.28. The summed E-state index contributed by atoms with van der Waals surface area (Å²) in [5, 5.41) is 3.79. The van der Waals surface area contributed by atoms with Gasteiger partial charge in [0, 0.05) is 50.4 Å². The van der Waals surface area contributed by atoms with Crippen LogP contribution >= 0.6 is 0 Å². The zero-order valence-corrected chi connectivity index (χ0v) is 17.1. The minimum absolute atomic E-state index is 0.280. The number of anilines is 1. The van der Waals surface area contributed by atoms with Crippen molar-refractivity contribution in [2.75, 3.05) is 24.5 Å². The average molecular weight is 390 g/mol. The summed E-state index contributed by atoms with van der Waals surface area (Å²) in [5.41, 5.74) is 5.72. The molecule has 2 aromatic carbocycles. The Hall–Kier alpha value is -2.33. The van der Waals surface area contributed by atoms with E-state index >= 15 is 0 Å². The largest absolute Gasteiger partial charge is 0.371 e. The van der Waals surface area contributed by atoms with E-state index in [1.165, 1.54) is 30.5 Å². The molecule has 0 saturated carbocycles. The lowest BCUT2D eigenvalue weighted by molar-refractivity contribution is -0.128. The van der Waals surface area contributed by atoms with E-state index in [0.29, 0.717) is 18.5 Å². The molecule has 0 radical (unpaired) electrons. The van der Waals surface area contributed by atoms with Crippen molar-refractivity contribution in [3.63, 3.8) is 0 Å². The lowest BCUT2D eigenvalue weighted by Crippen LogP contribution is -2.47. The molecule has 0 bridgehead atoms. The first-order chi connectivity index (χ1) is 14.2. The zero-order valence-electron chi connectivity index (χ0n) is 17.1. The van der Waals surface area contributed by atoms with Gasteiger partial charge in [-0.15, -0.1) is 0 Å². The molecule has 2 aliphatic heterocycles. The van der Waals surface area contributed by atoms with E-state index in [9.17, 15) is 4.79 Å². The van der Waals surface area contributed by atoms with Crippen LogP contribution in [-0.2, 0) is 24.2 Å². The minimum atomic E-state index is 0.280. The van der Waals surface area contributed by atoms with Gasteiger partial charge in [0.1, 0.15) is 0 Å². The second kappa shape index (κ2) is 8.19. The first-order valence-corrected chi connectivity index (χ1v) is 11.2. The number of hydrogen-bond donors (Lipinski definition) is 1. The molecule has 0 aromatic heterocycles. The molecule has 2 fully saturated rings. The maximum Gasteiger partial charge on any atom is 0.224 e. The van der Waals surface area contributed by atoms with Gasteiger partial charge in [0.15, 0.2) is 0 Å². The summed E-state index contributed by atoms with van der Waals surface area (Å²) in [7, 11) is 0. The topological polar surface area (TPSA) is 35.6 Å². The summed E-state index contributed by atoms with van der Waals surface area (Å²) in [6, 6.07) is 18.2. The summed E-state index contributed by atoms with van der Waals surface area (Å²) in [5.74, 6) is 0.280. The molecule has 0 spiro atoms. The molecule has 1 N–H and O–H groups in total. The Morgan fingerprint density at radius 1 is 0.931 bits per heavy atom. The summed E-state index contributed by atoms with van der Waals surface area (Å²) in [6.45, 7) is 3.77. The minimum Gasteiger partial charge on any atom is -0.371 e. The van der Waals surface area contributed by atoms with Crippen LogP contribution in [0.25, 0.3) is 0 Å². The molecule has 1 aliphatic carbocycles. The number of nitrogens with zero attached hydrogens (tertiary/aromatic N) is 2. The molecule has 2 heterocycles. The lowest BCUT2D eigenvalue weighted by Gasteiger charge is -2.35. The third-order valence-electron chi connectivity index (χ3n) is 6.84. The fourth-order valence-electron chi connectivity index (χ4n) is 5.23. The summed E-state index contributed by atoms with van der Waals surface area (Å²) in [6.07, 6.45) is 6.75. The number of aryl methyl sites for hydroxylation is 2.